The number of carbonyl (C=O) groups excluding carboxylic acids is 2. The number of aryl methyl sites for hydroxylation is 2. The summed E-state index contributed by atoms with van der Waals surface area (Å²) in [6, 6.07) is 11.0. The summed E-state index contributed by atoms with van der Waals surface area (Å²) in [6.07, 6.45) is 3.13. The summed E-state index contributed by atoms with van der Waals surface area (Å²) >= 11 is 1.23. The van der Waals surface area contributed by atoms with E-state index in [9.17, 15) is 14.7 Å². The summed E-state index contributed by atoms with van der Waals surface area (Å²) in [5.41, 5.74) is 2.10. The molecule has 7 nitrogen and oxygen atoms in total. The number of aliphatic hydroxyl groups is 1. The van der Waals surface area contributed by atoms with E-state index in [0.717, 1.165) is 5.01 Å². The van der Waals surface area contributed by atoms with Crippen molar-refractivity contribution >= 4 is 28.7 Å². The van der Waals surface area contributed by atoms with Gasteiger partial charge in [0.15, 0.2) is 5.76 Å². The van der Waals surface area contributed by atoms with Crippen molar-refractivity contribution in [1.82, 2.24) is 9.97 Å². The van der Waals surface area contributed by atoms with E-state index >= 15 is 0 Å². The summed E-state index contributed by atoms with van der Waals surface area (Å²) < 4.78 is 0. The maximum atomic E-state index is 13.4. The van der Waals surface area contributed by atoms with Crippen LogP contribution in [0.2, 0.25) is 0 Å². The molecule has 3 aromatic rings. The monoisotopic (exact) mass is 416 g/mol. The first kappa shape index (κ1) is 19.5. The Labute approximate surface area is 176 Å². The molecule has 0 saturated carbocycles. The number of thiazole rings is 1. The molecular formula is C22H16N4O3S. The van der Waals surface area contributed by atoms with Crippen molar-refractivity contribution in [3.8, 4) is 6.07 Å². The lowest BCUT2D eigenvalue weighted by Gasteiger charge is -2.26. The Morgan fingerprint density at radius 1 is 1.17 bits per heavy atom. The molecule has 1 atom stereocenters. The van der Waals surface area contributed by atoms with Crippen molar-refractivity contribution in [2.24, 2.45) is 0 Å². The largest absolute Gasteiger partial charge is 0.503 e. The number of pyridine rings is 1. The van der Waals surface area contributed by atoms with Crippen molar-refractivity contribution in [3.63, 3.8) is 0 Å². The van der Waals surface area contributed by atoms with Gasteiger partial charge in [0.05, 0.1) is 38.8 Å². The molecule has 0 fully saturated rings. The smallest absolute Gasteiger partial charge is 0.294 e. The van der Waals surface area contributed by atoms with Gasteiger partial charge in [0, 0.05) is 18.1 Å². The number of hydrogen-bond acceptors (Lipinski definition) is 7. The Kier molecular flexibility index (Phi) is 4.90. The first-order valence-electron chi connectivity index (χ1n) is 9.08. The van der Waals surface area contributed by atoms with Crippen LogP contribution in [-0.2, 0) is 4.79 Å². The summed E-state index contributed by atoms with van der Waals surface area (Å²) in [4.78, 5) is 36.5. The molecule has 0 radical (unpaired) electrons. The maximum absolute atomic E-state index is 13.4. The van der Waals surface area contributed by atoms with Gasteiger partial charge in [-0.05, 0) is 55.8 Å². The number of ketones is 1. The number of hydrogen-bond donors (Lipinski definition) is 1. The number of anilines is 1. The summed E-state index contributed by atoms with van der Waals surface area (Å²) in [5.74, 6) is -1.69. The highest BCUT2D eigenvalue weighted by Crippen LogP contribution is 2.42. The van der Waals surface area contributed by atoms with Gasteiger partial charge >= 0.3 is 0 Å². The molecule has 1 amide bonds. The SMILES string of the molecule is Cc1nc(C)c(C(=O)C2=C(O)C(=O)N(c3ccc(C#N)cc3)C2c2ccncc2)s1. The van der Waals surface area contributed by atoms with Crippen molar-refractivity contribution in [2.75, 3.05) is 4.90 Å². The minimum absolute atomic E-state index is 0.00214. The number of nitrogens with zero attached hydrogens (tertiary/aromatic N) is 4. The van der Waals surface area contributed by atoms with Crippen LogP contribution < -0.4 is 4.90 Å². The van der Waals surface area contributed by atoms with Crippen LogP contribution in [0, 0.1) is 25.2 Å². The van der Waals surface area contributed by atoms with E-state index in [4.69, 9.17) is 5.26 Å². The fourth-order valence-corrected chi connectivity index (χ4v) is 4.40. The molecule has 0 saturated heterocycles. The van der Waals surface area contributed by atoms with Crippen LogP contribution in [0.3, 0.4) is 0 Å². The van der Waals surface area contributed by atoms with E-state index in [1.54, 1.807) is 62.6 Å². The highest BCUT2D eigenvalue weighted by molar-refractivity contribution is 7.14. The molecule has 0 bridgehead atoms. The highest BCUT2D eigenvalue weighted by Gasteiger charge is 2.45. The van der Waals surface area contributed by atoms with Crippen molar-refractivity contribution < 1.29 is 14.7 Å². The molecule has 1 N–H and O–H groups in total. The number of nitriles is 1. The Hall–Kier alpha value is -3.83. The molecule has 0 aliphatic carbocycles. The number of aromatic nitrogens is 2. The van der Waals surface area contributed by atoms with Crippen LogP contribution in [-0.4, -0.2) is 26.8 Å². The standard InChI is InChI=1S/C22H16N4O3S/c1-12-21(30-13(2)25-12)19(27)17-18(15-7-9-24-10-8-15)26(22(29)20(17)28)16-5-3-14(11-23)4-6-16/h3-10,18,28H,1-2H3. The molecule has 4 rings (SSSR count). The number of amides is 1. The third-order valence-corrected chi connectivity index (χ3v) is 5.93. The van der Waals surface area contributed by atoms with Gasteiger partial charge in [0.1, 0.15) is 0 Å². The summed E-state index contributed by atoms with van der Waals surface area (Å²) in [6.45, 7) is 3.52. The van der Waals surface area contributed by atoms with E-state index in [-0.39, 0.29) is 5.57 Å². The van der Waals surface area contributed by atoms with E-state index < -0.39 is 23.5 Å². The van der Waals surface area contributed by atoms with Crippen LogP contribution in [0.25, 0.3) is 0 Å². The molecule has 1 aromatic carbocycles. The van der Waals surface area contributed by atoms with Gasteiger partial charge in [-0.25, -0.2) is 4.98 Å². The first-order valence-corrected chi connectivity index (χ1v) is 9.89. The Bertz CT molecular complexity index is 1220. The van der Waals surface area contributed by atoms with Crippen molar-refractivity contribution in [1.29, 1.82) is 5.26 Å². The topological polar surface area (TPSA) is 107 Å². The average Bonchev–Trinajstić information content (AvgIpc) is 3.24. The Morgan fingerprint density at radius 2 is 1.83 bits per heavy atom. The Morgan fingerprint density at radius 3 is 2.40 bits per heavy atom. The number of Topliss-reactive ketones (excluding diaryl/α,β-unsaturated/α-hetero) is 1. The van der Waals surface area contributed by atoms with Crippen molar-refractivity contribution in [3.05, 3.63) is 86.8 Å². The molecule has 2 aromatic heterocycles. The number of aliphatic hydroxyl groups excluding tert-OH is 1. The number of rotatable bonds is 4. The zero-order valence-electron chi connectivity index (χ0n) is 16.2. The van der Waals surface area contributed by atoms with Gasteiger partial charge < -0.3 is 5.11 Å². The fourth-order valence-electron chi connectivity index (χ4n) is 3.53. The normalized spacial score (nSPS) is 16.1. The third-order valence-electron chi connectivity index (χ3n) is 4.86. The summed E-state index contributed by atoms with van der Waals surface area (Å²) in [5, 5.41) is 20.5. The highest BCUT2D eigenvalue weighted by atomic mass is 32.1. The minimum atomic E-state index is -0.831. The zero-order chi connectivity index (χ0) is 21.4. The second kappa shape index (κ2) is 7.54. The van der Waals surface area contributed by atoms with Gasteiger partial charge in [-0.2, -0.15) is 5.26 Å². The van der Waals surface area contributed by atoms with Gasteiger partial charge in [-0.1, -0.05) is 0 Å². The predicted molar refractivity (Wildman–Crippen MR) is 111 cm³/mol. The molecule has 1 aliphatic rings. The molecule has 0 spiro atoms. The molecule has 148 valence electrons. The van der Waals surface area contributed by atoms with Gasteiger partial charge in [0.25, 0.3) is 5.91 Å². The summed E-state index contributed by atoms with van der Waals surface area (Å²) in [7, 11) is 0. The molecule has 3 heterocycles. The van der Waals surface area contributed by atoms with Crippen LogP contribution >= 0.6 is 11.3 Å². The lowest BCUT2D eigenvalue weighted by Crippen LogP contribution is -2.31. The lowest BCUT2D eigenvalue weighted by molar-refractivity contribution is -0.117. The van der Waals surface area contributed by atoms with Crippen molar-refractivity contribution in [2.45, 2.75) is 19.9 Å². The van der Waals surface area contributed by atoms with Gasteiger partial charge in [0.2, 0.25) is 5.78 Å². The quantitative estimate of drug-likeness (QED) is 0.648. The molecule has 30 heavy (non-hydrogen) atoms. The van der Waals surface area contributed by atoms with Gasteiger partial charge in [-0.15, -0.1) is 11.3 Å². The molecule has 1 unspecified atom stereocenters. The second-order valence-electron chi connectivity index (χ2n) is 6.76. The van der Waals surface area contributed by atoms with Crippen LogP contribution in [0.15, 0.2) is 60.1 Å². The van der Waals surface area contributed by atoms with E-state index in [1.165, 1.54) is 16.2 Å². The zero-order valence-corrected chi connectivity index (χ0v) is 17.0. The number of carbonyl (C=O) groups is 2. The van der Waals surface area contributed by atoms with E-state index in [2.05, 4.69) is 9.97 Å². The third kappa shape index (κ3) is 3.15. The fraction of sp³-hybridized carbons (Fsp3) is 0.136. The average molecular weight is 416 g/mol. The van der Waals surface area contributed by atoms with Gasteiger partial charge in [-0.3, -0.25) is 19.5 Å². The van der Waals surface area contributed by atoms with Crippen LogP contribution in [0.1, 0.15) is 37.5 Å². The predicted octanol–water partition coefficient (Wildman–Crippen LogP) is 3.81. The minimum Gasteiger partial charge on any atom is -0.503 e. The second-order valence-corrected chi connectivity index (χ2v) is 7.96. The number of benzene rings is 1. The first-order chi connectivity index (χ1) is 14.4. The molecule has 1 aliphatic heterocycles. The Balaban J connectivity index is 1.87. The van der Waals surface area contributed by atoms with E-state index in [0.29, 0.717) is 27.4 Å². The lowest BCUT2D eigenvalue weighted by atomic mass is 9.95. The van der Waals surface area contributed by atoms with E-state index in [1.807, 2.05) is 6.07 Å². The van der Waals surface area contributed by atoms with Crippen LogP contribution in [0.4, 0.5) is 5.69 Å². The molecule has 8 heteroatoms. The van der Waals surface area contributed by atoms with Crippen LogP contribution in [0.5, 0.6) is 0 Å². The maximum Gasteiger partial charge on any atom is 0.294 e. The molecular weight excluding hydrogens is 400 g/mol.